The van der Waals surface area contributed by atoms with E-state index in [2.05, 4.69) is 27.9 Å². The summed E-state index contributed by atoms with van der Waals surface area (Å²) in [7, 11) is 0. The molecule has 0 fully saturated rings. The van der Waals surface area contributed by atoms with Crippen molar-refractivity contribution in [1.29, 1.82) is 0 Å². The van der Waals surface area contributed by atoms with E-state index in [4.69, 9.17) is 0 Å². The van der Waals surface area contributed by atoms with Gasteiger partial charge in [0.25, 0.3) is 5.91 Å². The van der Waals surface area contributed by atoms with Crippen molar-refractivity contribution < 1.29 is 14.3 Å². The molecule has 0 radical (unpaired) electrons. The lowest BCUT2D eigenvalue weighted by Crippen LogP contribution is -2.23. The van der Waals surface area contributed by atoms with Gasteiger partial charge in [0.15, 0.2) is 0 Å². The van der Waals surface area contributed by atoms with Crippen molar-refractivity contribution in [3.8, 4) is 5.75 Å². The molecule has 0 saturated heterocycles. The van der Waals surface area contributed by atoms with Crippen molar-refractivity contribution in [2.45, 2.75) is 6.54 Å². The van der Waals surface area contributed by atoms with Gasteiger partial charge in [-0.3, -0.25) is 4.79 Å². The molecular weight excluding hydrogens is 487 g/mol. The standard InChI is InChI=1S/C14H10FI2NO2/c15-9-3-1-8(2-4-9)7-18-14(20)11-5-10(16)6-12(17)13(11)19/h1-6,19H,7H2,(H,18,20). The van der Waals surface area contributed by atoms with Crippen molar-refractivity contribution >= 4 is 51.1 Å². The molecule has 104 valence electrons. The highest BCUT2D eigenvalue weighted by molar-refractivity contribution is 14.1. The van der Waals surface area contributed by atoms with Crippen LogP contribution in [-0.2, 0) is 6.54 Å². The quantitative estimate of drug-likeness (QED) is 0.637. The number of phenols is 1. The van der Waals surface area contributed by atoms with Gasteiger partial charge >= 0.3 is 0 Å². The Hall–Kier alpha value is -0.900. The van der Waals surface area contributed by atoms with Gasteiger partial charge in [-0.1, -0.05) is 12.1 Å². The summed E-state index contributed by atoms with van der Waals surface area (Å²) in [6.45, 7) is 0.278. The minimum atomic E-state index is -0.358. The van der Waals surface area contributed by atoms with Crippen LogP contribution in [0.25, 0.3) is 0 Å². The second-order valence-corrected chi connectivity index (χ2v) is 6.50. The lowest BCUT2D eigenvalue weighted by molar-refractivity contribution is 0.0948. The SMILES string of the molecule is O=C(NCc1ccc(F)cc1)c1cc(I)cc(I)c1O. The number of hydrogen-bond acceptors (Lipinski definition) is 2. The van der Waals surface area contributed by atoms with Gasteiger partial charge in [0.05, 0.1) is 9.13 Å². The molecule has 0 heterocycles. The zero-order valence-electron chi connectivity index (χ0n) is 10.2. The number of carbonyl (C=O) groups is 1. The first-order chi connectivity index (χ1) is 9.47. The molecule has 20 heavy (non-hydrogen) atoms. The van der Waals surface area contributed by atoms with Crippen molar-refractivity contribution in [2.75, 3.05) is 0 Å². The van der Waals surface area contributed by atoms with Crippen LogP contribution in [0.5, 0.6) is 5.75 Å². The first kappa shape index (κ1) is 15.5. The second kappa shape index (κ2) is 6.70. The number of halogens is 3. The van der Waals surface area contributed by atoms with Gasteiger partial charge in [-0.2, -0.15) is 0 Å². The highest BCUT2D eigenvalue weighted by Gasteiger charge is 2.14. The first-order valence-electron chi connectivity index (χ1n) is 5.68. The molecule has 0 saturated carbocycles. The average Bonchev–Trinajstić information content (AvgIpc) is 2.42. The van der Waals surface area contributed by atoms with E-state index >= 15 is 0 Å². The number of nitrogens with one attached hydrogen (secondary N) is 1. The molecule has 0 aromatic heterocycles. The summed E-state index contributed by atoms with van der Waals surface area (Å²) in [6.07, 6.45) is 0. The average molecular weight is 497 g/mol. The lowest BCUT2D eigenvalue weighted by atomic mass is 10.1. The van der Waals surface area contributed by atoms with Crippen molar-refractivity contribution in [2.24, 2.45) is 0 Å². The molecule has 6 heteroatoms. The van der Waals surface area contributed by atoms with Crippen molar-refractivity contribution in [3.05, 3.63) is 60.5 Å². The Morgan fingerprint density at radius 1 is 1.20 bits per heavy atom. The maximum absolute atomic E-state index is 12.8. The number of amides is 1. The maximum Gasteiger partial charge on any atom is 0.255 e. The largest absolute Gasteiger partial charge is 0.506 e. The van der Waals surface area contributed by atoms with Crippen LogP contribution in [-0.4, -0.2) is 11.0 Å². The van der Waals surface area contributed by atoms with Crippen LogP contribution in [0, 0.1) is 13.0 Å². The van der Waals surface area contributed by atoms with Crippen LogP contribution in [0.15, 0.2) is 36.4 Å². The number of hydrogen-bond donors (Lipinski definition) is 2. The van der Waals surface area contributed by atoms with Crippen LogP contribution in [0.3, 0.4) is 0 Å². The van der Waals surface area contributed by atoms with E-state index in [1.165, 1.54) is 12.1 Å². The molecule has 0 aliphatic carbocycles. The van der Waals surface area contributed by atoms with E-state index in [-0.39, 0.29) is 29.6 Å². The van der Waals surface area contributed by atoms with Crippen LogP contribution >= 0.6 is 45.2 Å². The predicted octanol–water partition coefficient (Wildman–Crippen LogP) is 3.67. The first-order valence-corrected chi connectivity index (χ1v) is 7.84. The summed E-state index contributed by atoms with van der Waals surface area (Å²) in [5.74, 6) is -0.698. The fraction of sp³-hybridized carbons (Fsp3) is 0.0714. The molecule has 0 atom stereocenters. The molecule has 2 aromatic carbocycles. The number of carbonyl (C=O) groups excluding carboxylic acids is 1. The number of phenolic OH excluding ortho intramolecular Hbond substituents is 1. The van der Waals surface area contributed by atoms with Crippen molar-refractivity contribution in [1.82, 2.24) is 5.32 Å². The number of rotatable bonds is 3. The Labute approximate surface area is 142 Å². The van der Waals surface area contributed by atoms with E-state index in [0.717, 1.165) is 9.13 Å². The Morgan fingerprint density at radius 2 is 1.85 bits per heavy atom. The minimum Gasteiger partial charge on any atom is -0.506 e. The molecule has 2 aromatic rings. The van der Waals surface area contributed by atoms with E-state index < -0.39 is 0 Å². The van der Waals surface area contributed by atoms with E-state index in [0.29, 0.717) is 3.57 Å². The summed E-state index contributed by atoms with van der Waals surface area (Å²) in [5.41, 5.74) is 1.03. The van der Waals surface area contributed by atoms with Crippen LogP contribution in [0.1, 0.15) is 15.9 Å². The third-order valence-corrected chi connectivity index (χ3v) is 4.08. The minimum absolute atomic E-state index is 0.0253. The summed E-state index contributed by atoms with van der Waals surface area (Å²) in [5, 5.41) is 12.6. The summed E-state index contributed by atoms with van der Waals surface area (Å²) in [6, 6.07) is 9.30. The molecule has 1 amide bonds. The van der Waals surface area contributed by atoms with Crippen LogP contribution < -0.4 is 5.32 Å². The molecule has 0 aliphatic rings. The van der Waals surface area contributed by atoms with Gasteiger partial charge in [-0.15, -0.1) is 0 Å². The number of benzene rings is 2. The molecule has 0 bridgehead atoms. The van der Waals surface area contributed by atoms with Crippen molar-refractivity contribution in [3.63, 3.8) is 0 Å². The van der Waals surface area contributed by atoms with E-state index in [1.807, 2.05) is 22.6 Å². The molecule has 2 rings (SSSR count). The molecule has 3 nitrogen and oxygen atoms in total. The zero-order valence-corrected chi connectivity index (χ0v) is 14.5. The van der Waals surface area contributed by atoms with Gasteiger partial charge in [0.1, 0.15) is 11.6 Å². The Kier molecular flexibility index (Phi) is 5.19. The molecule has 0 aliphatic heterocycles. The Balaban J connectivity index is 2.11. The lowest BCUT2D eigenvalue weighted by Gasteiger charge is -2.09. The highest BCUT2D eigenvalue weighted by atomic mass is 127. The third-order valence-electron chi connectivity index (χ3n) is 2.64. The van der Waals surface area contributed by atoms with E-state index in [9.17, 15) is 14.3 Å². The van der Waals surface area contributed by atoms with Gasteiger partial charge < -0.3 is 10.4 Å². The predicted molar refractivity (Wildman–Crippen MR) is 91.1 cm³/mol. The van der Waals surface area contributed by atoms with Gasteiger partial charge in [0.2, 0.25) is 0 Å². The third kappa shape index (κ3) is 3.81. The van der Waals surface area contributed by atoms with Crippen LogP contribution in [0.2, 0.25) is 0 Å². The topological polar surface area (TPSA) is 49.3 Å². The fourth-order valence-electron chi connectivity index (χ4n) is 1.62. The normalized spacial score (nSPS) is 10.3. The van der Waals surface area contributed by atoms with Gasteiger partial charge in [-0.05, 0) is 75.0 Å². The molecule has 0 unspecified atom stereocenters. The zero-order chi connectivity index (χ0) is 14.7. The highest BCUT2D eigenvalue weighted by Crippen LogP contribution is 2.26. The number of aromatic hydroxyl groups is 1. The van der Waals surface area contributed by atoms with E-state index in [1.54, 1.807) is 24.3 Å². The Bertz CT molecular complexity index is 644. The molecule has 2 N–H and O–H groups in total. The fourth-order valence-corrected chi connectivity index (χ4v) is 3.46. The van der Waals surface area contributed by atoms with Gasteiger partial charge in [-0.25, -0.2) is 4.39 Å². The maximum atomic E-state index is 12.8. The van der Waals surface area contributed by atoms with Gasteiger partial charge in [0, 0.05) is 10.1 Å². The molecular formula is C14H10FI2NO2. The monoisotopic (exact) mass is 497 g/mol. The second-order valence-electron chi connectivity index (χ2n) is 4.09. The summed E-state index contributed by atoms with van der Waals surface area (Å²) < 4.78 is 14.3. The summed E-state index contributed by atoms with van der Waals surface area (Å²) in [4.78, 5) is 12.1. The Morgan fingerprint density at radius 3 is 2.50 bits per heavy atom. The van der Waals surface area contributed by atoms with Crippen LogP contribution in [0.4, 0.5) is 4.39 Å². The molecule has 0 spiro atoms. The summed E-state index contributed by atoms with van der Waals surface area (Å²) >= 11 is 4.06. The smallest absolute Gasteiger partial charge is 0.255 e.